The number of alkyl halides is 3. The number of pyridine rings is 1. The molecule has 190 valence electrons. The summed E-state index contributed by atoms with van der Waals surface area (Å²) in [4.78, 5) is 34.3. The quantitative estimate of drug-likeness (QED) is 0.490. The number of piperazine rings is 1. The number of amides is 1. The zero-order valence-electron chi connectivity index (χ0n) is 19.6. The molecule has 4 rings (SSSR count). The average Bonchev–Trinajstić information content (AvgIpc) is 2.85. The first-order valence-corrected chi connectivity index (χ1v) is 11.2. The van der Waals surface area contributed by atoms with Crippen molar-refractivity contribution in [3.63, 3.8) is 0 Å². The Morgan fingerprint density at radius 2 is 1.81 bits per heavy atom. The molecule has 2 N–H and O–H groups in total. The molecular weight excluding hydrogens is 480 g/mol. The maximum Gasteiger partial charge on any atom is 0.418 e. The third kappa shape index (κ3) is 5.85. The lowest BCUT2D eigenvalue weighted by molar-refractivity contribution is -0.137. The highest BCUT2D eigenvalue weighted by molar-refractivity contribution is 6.04. The minimum Gasteiger partial charge on any atom is -0.338 e. The van der Waals surface area contributed by atoms with Crippen LogP contribution in [0.25, 0.3) is 0 Å². The molecule has 0 spiro atoms. The van der Waals surface area contributed by atoms with Gasteiger partial charge >= 0.3 is 6.18 Å². The third-order valence-corrected chi connectivity index (χ3v) is 5.60. The summed E-state index contributed by atoms with van der Waals surface area (Å²) >= 11 is 0. The van der Waals surface area contributed by atoms with E-state index in [4.69, 9.17) is 0 Å². The molecule has 0 atom stereocenters. The predicted octanol–water partition coefficient (Wildman–Crippen LogP) is 3.73. The zero-order valence-corrected chi connectivity index (χ0v) is 19.6. The molecule has 9 nitrogen and oxygen atoms in total. The van der Waals surface area contributed by atoms with Gasteiger partial charge in [-0.25, -0.2) is 9.37 Å². The maximum atomic E-state index is 14.0. The second kappa shape index (κ2) is 10.4. The van der Waals surface area contributed by atoms with Gasteiger partial charge in [0, 0.05) is 38.8 Å². The summed E-state index contributed by atoms with van der Waals surface area (Å²) in [6.45, 7) is 5.27. The Morgan fingerprint density at radius 1 is 1.06 bits per heavy atom. The molecule has 13 heteroatoms. The normalized spacial score (nSPS) is 14.6. The van der Waals surface area contributed by atoms with Gasteiger partial charge in [-0.05, 0) is 31.3 Å². The summed E-state index contributed by atoms with van der Waals surface area (Å²) in [6, 6.07) is 5.26. The third-order valence-electron chi connectivity index (χ3n) is 5.60. The molecule has 36 heavy (non-hydrogen) atoms. The van der Waals surface area contributed by atoms with E-state index in [1.54, 1.807) is 0 Å². The standard InChI is InChI=1S/C23H24F4N8O/c1-3-17-29-21(33-22(31-17)35-11-9-34(2)10-12-35)30-18-8-7-14(13-28-18)20(36)32-19-15(23(25,26)27)5-4-6-16(19)24/h4-8,13H,3,9-12H2,1-2H3,(H,32,36)(H,28,29,30,31,33). The van der Waals surface area contributed by atoms with E-state index in [0.29, 0.717) is 30.1 Å². The van der Waals surface area contributed by atoms with Crippen molar-refractivity contribution in [1.29, 1.82) is 0 Å². The Balaban J connectivity index is 1.49. The van der Waals surface area contributed by atoms with Crippen molar-refractivity contribution >= 4 is 29.3 Å². The molecule has 0 unspecified atom stereocenters. The number of nitrogens with zero attached hydrogens (tertiary/aromatic N) is 6. The number of aromatic nitrogens is 4. The highest BCUT2D eigenvalue weighted by Crippen LogP contribution is 2.36. The highest BCUT2D eigenvalue weighted by Gasteiger charge is 2.35. The predicted molar refractivity (Wildman–Crippen MR) is 126 cm³/mol. The van der Waals surface area contributed by atoms with Crippen LogP contribution in [0.15, 0.2) is 36.5 Å². The Hall–Kier alpha value is -3.87. The SMILES string of the molecule is CCc1nc(Nc2ccc(C(=O)Nc3c(F)cccc3C(F)(F)F)cn2)nc(N2CCN(C)CC2)n1. The summed E-state index contributed by atoms with van der Waals surface area (Å²) in [6.07, 6.45) is -3.07. The van der Waals surface area contributed by atoms with Gasteiger partial charge in [-0.15, -0.1) is 0 Å². The second-order valence-electron chi connectivity index (χ2n) is 8.19. The molecular formula is C23H24F4N8O. The molecule has 0 aliphatic carbocycles. The van der Waals surface area contributed by atoms with Crippen LogP contribution in [0.1, 0.15) is 28.7 Å². The monoisotopic (exact) mass is 504 g/mol. The second-order valence-corrected chi connectivity index (χ2v) is 8.19. The Bertz CT molecular complexity index is 1230. The number of halogens is 4. The first-order valence-electron chi connectivity index (χ1n) is 11.2. The van der Waals surface area contributed by atoms with Gasteiger partial charge in [0.25, 0.3) is 5.91 Å². The molecule has 1 aromatic carbocycles. The number of likely N-dealkylation sites (N-methyl/N-ethyl adjacent to an activating group) is 1. The Labute approximate surface area is 204 Å². The van der Waals surface area contributed by atoms with Crippen LogP contribution in [-0.2, 0) is 12.6 Å². The van der Waals surface area contributed by atoms with Crippen LogP contribution in [0.3, 0.4) is 0 Å². The van der Waals surface area contributed by atoms with E-state index >= 15 is 0 Å². The molecule has 3 aromatic rings. The summed E-state index contributed by atoms with van der Waals surface area (Å²) in [5.74, 6) is -0.383. The number of hydrogen-bond acceptors (Lipinski definition) is 8. The summed E-state index contributed by atoms with van der Waals surface area (Å²) in [5.41, 5.74) is -2.27. The molecule has 1 aliphatic heterocycles. The fourth-order valence-corrected chi connectivity index (χ4v) is 3.56. The lowest BCUT2D eigenvalue weighted by Gasteiger charge is -2.32. The van der Waals surface area contributed by atoms with Crippen molar-refractivity contribution in [1.82, 2.24) is 24.8 Å². The number of anilines is 4. The minimum absolute atomic E-state index is 0.0556. The molecule has 1 amide bonds. The fraction of sp³-hybridized carbons (Fsp3) is 0.348. The van der Waals surface area contributed by atoms with Gasteiger partial charge in [0.2, 0.25) is 11.9 Å². The number of rotatable bonds is 6. The number of para-hydroxylation sites is 1. The minimum atomic E-state index is -4.83. The van der Waals surface area contributed by atoms with Crippen LogP contribution in [0.2, 0.25) is 0 Å². The number of nitrogens with one attached hydrogen (secondary N) is 2. The fourth-order valence-electron chi connectivity index (χ4n) is 3.56. The van der Waals surface area contributed by atoms with E-state index in [-0.39, 0.29) is 11.5 Å². The molecule has 1 saturated heterocycles. The van der Waals surface area contributed by atoms with Gasteiger partial charge in [0.1, 0.15) is 17.5 Å². The van der Waals surface area contributed by atoms with Crippen molar-refractivity contribution < 1.29 is 22.4 Å². The highest BCUT2D eigenvalue weighted by atomic mass is 19.4. The molecule has 0 saturated carbocycles. The lowest BCUT2D eigenvalue weighted by Crippen LogP contribution is -2.45. The van der Waals surface area contributed by atoms with Crippen LogP contribution < -0.4 is 15.5 Å². The van der Waals surface area contributed by atoms with Gasteiger partial charge in [-0.1, -0.05) is 13.0 Å². The van der Waals surface area contributed by atoms with Gasteiger partial charge in [0.05, 0.1) is 16.8 Å². The van der Waals surface area contributed by atoms with Crippen LogP contribution in [-0.4, -0.2) is 64.0 Å². The molecule has 3 heterocycles. The van der Waals surface area contributed by atoms with E-state index in [2.05, 4.69) is 42.1 Å². The topological polar surface area (TPSA) is 99.2 Å². The number of benzene rings is 1. The van der Waals surface area contributed by atoms with Crippen LogP contribution in [0.5, 0.6) is 0 Å². The zero-order chi connectivity index (χ0) is 25.9. The first kappa shape index (κ1) is 25.2. The number of carbonyl (C=O) groups is 1. The van der Waals surface area contributed by atoms with Crippen molar-refractivity contribution in [3.8, 4) is 0 Å². The van der Waals surface area contributed by atoms with Crippen LogP contribution in [0, 0.1) is 5.82 Å². The lowest BCUT2D eigenvalue weighted by atomic mass is 10.1. The smallest absolute Gasteiger partial charge is 0.338 e. The molecule has 0 radical (unpaired) electrons. The van der Waals surface area contributed by atoms with Crippen LogP contribution >= 0.6 is 0 Å². The van der Waals surface area contributed by atoms with E-state index in [1.807, 2.05) is 12.2 Å². The van der Waals surface area contributed by atoms with Gasteiger partial charge < -0.3 is 20.4 Å². The number of carbonyl (C=O) groups excluding carboxylic acids is 1. The molecule has 2 aromatic heterocycles. The van der Waals surface area contributed by atoms with Gasteiger partial charge in [0.15, 0.2) is 0 Å². The number of hydrogen-bond donors (Lipinski definition) is 2. The van der Waals surface area contributed by atoms with Gasteiger partial charge in [-0.2, -0.15) is 28.1 Å². The molecule has 1 aliphatic rings. The van der Waals surface area contributed by atoms with E-state index in [0.717, 1.165) is 44.5 Å². The van der Waals surface area contributed by atoms with Crippen molar-refractivity contribution in [2.75, 3.05) is 48.8 Å². The van der Waals surface area contributed by atoms with E-state index in [9.17, 15) is 22.4 Å². The van der Waals surface area contributed by atoms with Crippen molar-refractivity contribution in [2.45, 2.75) is 19.5 Å². The summed E-state index contributed by atoms with van der Waals surface area (Å²) in [5, 5.41) is 4.97. The largest absolute Gasteiger partial charge is 0.418 e. The Morgan fingerprint density at radius 3 is 2.44 bits per heavy atom. The van der Waals surface area contributed by atoms with E-state index < -0.39 is 29.2 Å². The van der Waals surface area contributed by atoms with Crippen molar-refractivity contribution in [2.24, 2.45) is 0 Å². The maximum absolute atomic E-state index is 14.0. The van der Waals surface area contributed by atoms with Crippen molar-refractivity contribution in [3.05, 3.63) is 59.3 Å². The Kier molecular flexibility index (Phi) is 7.29. The molecule has 0 bridgehead atoms. The van der Waals surface area contributed by atoms with E-state index in [1.165, 1.54) is 12.1 Å². The van der Waals surface area contributed by atoms with Crippen LogP contribution in [0.4, 0.5) is 41.0 Å². The summed E-state index contributed by atoms with van der Waals surface area (Å²) < 4.78 is 53.6. The molecule has 1 fully saturated rings. The number of aryl methyl sites for hydroxylation is 1. The van der Waals surface area contributed by atoms with Gasteiger partial charge in [-0.3, -0.25) is 4.79 Å². The first-order chi connectivity index (χ1) is 17.1. The average molecular weight is 504 g/mol. The summed E-state index contributed by atoms with van der Waals surface area (Å²) in [7, 11) is 2.05.